The molecule has 0 spiro atoms. The average molecular weight is 745 g/mol. The van der Waals surface area contributed by atoms with Gasteiger partial charge in [0, 0.05) is 36.7 Å². The van der Waals surface area contributed by atoms with E-state index in [1.54, 1.807) is 59.5 Å². The molecule has 1 heterocycles. The second-order valence-corrected chi connectivity index (χ2v) is 13.1. The molecular weight excluding hydrogens is 703 g/mol. The topological polar surface area (TPSA) is 164 Å². The number of fused-ring (bicyclic) bond motifs is 1. The number of nitrogens with zero attached hydrogens (tertiary/aromatic N) is 1. The number of aliphatic hydroxyl groups excluding tert-OH is 1. The number of aromatic nitrogens is 1. The summed E-state index contributed by atoms with van der Waals surface area (Å²) >= 11 is 0. The number of carbonyl (C=O) groups excluding carboxylic acids is 1. The minimum atomic E-state index is -1.14. The highest BCUT2D eigenvalue weighted by Gasteiger charge is 2.19. The lowest BCUT2D eigenvalue weighted by atomic mass is 9.98. The summed E-state index contributed by atoms with van der Waals surface area (Å²) in [6.45, 7) is 1.54. The lowest BCUT2D eigenvalue weighted by molar-refractivity contribution is 0.0740. The SMILES string of the molecule is O=C(O)N[C@@H](c1ccccc1)c1cccc(OCc2ccc(C(=O)N(CCCNCC(O)c3ccc(O)c4[nH]c(=O)ccc34)Cc3ccc(F)cc3)cc2)c1. The Morgan fingerprint density at radius 1 is 0.836 bits per heavy atom. The first-order valence-electron chi connectivity index (χ1n) is 17.8. The Hall–Kier alpha value is -6.50. The summed E-state index contributed by atoms with van der Waals surface area (Å²) in [4.78, 5) is 41.4. The van der Waals surface area contributed by atoms with Crippen LogP contribution in [0.25, 0.3) is 10.9 Å². The number of aromatic amines is 1. The van der Waals surface area contributed by atoms with Gasteiger partial charge >= 0.3 is 6.09 Å². The molecule has 2 amide bonds. The zero-order chi connectivity index (χ0) is 38.7. The van der Waals surface area contributed by atoms with Crippen LogP contribution in [0.2, 0.25) is 0 Å². The van der Waals surface area contributed by atoms with E-state index in [-0.39, 0.29) is 48.2 Å². The van der Waals surface area contributed by atoms with E-state index in [0.717, 1.165) is 22.3 Å². The Morgan fingerprint density at radius 3 is 2.31 bits per heavy atom. The van der Waals surface area contributed by atoms with Gasteiger partial charge in [0.1, 0.15) is 23.9 Å². The predicted molar refractivity (Wildman–Crippen MR) is 206 cm³/mol. The molecule has 0 aliphatic carbocycles. The molecular formula is C43H41FN4O7. The standard InChI is InChI=1S/C43H41FN4O7/c44-33-16-12-28(13-17-33)26-48(23-5-22-45-25-38(50)35-18-20-37(49)41-36(35)19-21-39(51)46-41)42(52)31-14-10-29(11-15-31)27-55-34-9-4-8-32(24-34)40(47-43(53)54)30-6-2-1-3-7-30/h1-4,6-21,24,38,40,45,47,49-50H,5,22-23,25-27H2,(H,46,51)(H,53,54)/t38?,40-/m0/s1. The van der Waals surface area contributed by atoms with Gasteiger partial charge in [-0.3, -0.25) is 9.59 Å². The van der Waals surface area contributed by atoms with E-state index in [4.69, 9.17) is 4.74 Å². The first kappa shape index (κ1) is 38.2. The molecule has 0 saturated heterocycles. The molecule has 0 bridgehead atoms. The third-order valence-electron chi connectivity index (χ3n) is 9.16. The van der Waals surface area contributed by atoms with E-state index in [2.05, 4.69) is 15.6 Å². The number of phenolic OH excluding ortho intramolecular Hbond substituents is 1. The molecule has 12 heteroatoms. The summed E-state index contributed by atoms with van der Waals surface area (Å²) in [5, 5.41) is 36.9. The van der Waals surface area contributed by atoms with E-state index >= 15 is 0 Å². The molecule has 6 aromatic rings. The maximum absolute atomic E-state index is 13.8. The van der Waals surface area contributed by atoms with Gasteiger partial charge < -0.3 is 40.6 Å². The van der Waals surface area contributed by atoms with Crippen molar-refractivity contribution >= 4 is 22.9 Å². The number of aliphatic hydroxyl groups is 1. The molecule has 6 rings (SSSR count). The van der Waals surface area contributed by atoms with Gasteiger partial charge in [-0.15, -0.1) is 0 Å². The van der Waals surface area contributed by atoms with E-state index in [9.17, 15) is 34.1 Å². The van der Waals surface area contributed by atoms with Crippen molar-refractivity contribution in [1.82, 2.24) is 20.5 Å². The van der Waals surface area contributed by atoms with Gasteiger partial charge in [-0.2, -0.15) is 0 Å². The van der Waals surface area contributed by atoms with Gasteiger partial charge in [0.2, 0.25) is 5.56 Å². The summed E-state index contributed by atoms with van der Waals surface area (Å²) in [7, 11) is 0. The molecule has 0 aliphatic heterocycles. The van der Waals surface area contributed by atoms with Crippen molar-refractivity contribution in [1.29, 1.82) is 0 Å². The fourth-order valence-electron chi connectivity index (χ4n) is 6.36. The number of H-pyrrole nitrogens is 1. The fourth-order valence-corrected chi connectivity index (χ4v) is 6.36. The molecule has 11 nitrogen and oxygen atoms in total. The van der Waals surface area contributed by atoms with Crippen LogP contribution in [0, 0.1) is 5.82 Å². The van der Waals surface area contributed by atoms with Crippen LogP contribution in [-0.4, -0.2) is 56.8 Å². The summed E-state index contributed by atoms with van der Waals surface area (Å²) in [6, 6.07) is 35.0. The lowest BCUT2D eigenvalue weighted by Crippen LogP contribution is -2.33. The van der Waals surface area contributed by atoms with Crippen LogP contribution in [0.1, 0.15) is 56.7 Å². The minimum absolute atomic E-state index is 0.0853. The number of pyridine rings is 1. The van der Waals surface area contributed by atoms with Crippen molar-refractivity contribution in [3.05, 3.63) is 177 Å². The molecule has 55 heavy (non-hydrogen) atoms. The Kier molecular flexibility index (Phi) is 12.5. The number of phenols is 1. The predicted octanol–water partition coefficient (Wildman–Crippen LogP) is 6.66. The summed E-state index contributed by atoms with van der Waals surface area (Å²) < 4.78 is 19.7. The Morgan fingerprint density at radius 2 is 1.56 bits per heavy atom. The zero-order valence-corrected chi connectivity index (χ0v) is 29.8. The molecule has 2 atom stereocenters. The van der Waals surface area contributed by atoms with Crippen LogP contribution in [0.3, 0.4) is 0 Å². The van der Waals surface area contributed by atoms with E-state index in [1.165, 1.54) is 24.3 Å². The number of amides is 2. The van der Waals surface area contributed by atoms with Crippen molar-refractivity contribution in [2.45, 2.75) is 31.7 Å². The molecule has 1 unspecified atom stereocenters. The molecule has 0 aliphatic rings. The van der Waals surface area contributed by atoms with Crippen LogP contribution >= 0.6 is 0 Å². The second-order valence-electron chi connectivity index (χ2n) is 13.1. The number of aromatic hydroxyl groups is 1. The second kappa shape index (κ2) is 18.0. The number of nitrogens with one attached hydrogen (secondary N) is 3. The van der Waals surface area contributed by atoms with Crippen molar-refractivity contribution in [3.8, 4) is 11.5 Å². The van der Waals surface area contributed by atoms with Gasteiger partial charge in [-0.05, 0) is 89.3 Å². The highest BCUT2D eigenvalue weighted by atomic mass is 19.1. The highest BCUT2D eigenvalue weighted by Crippen LogP contribution is 2.29. The minimum Gasteiger partial charge on any atom is -0.506 e. The van der Waals surface area contributed by atoms with Crippen molar-refractivity contribution in [2.24, 2.45) is 0 Å². The van der Waals surface area contributed by atoms with E-state index in [0.29, 0.717) is 41.8 Å². The number of ether oxygens (including phenoxy) is 1. The van der Waals surface area contributed by atoms with Gasteiger partial charge in [-0.25, -0.2) is 9.18 Å². The number of carboxylic acid groups (broad SMARTS) is 1. The molecule has 1 aromatic heterocycles. The van der Waals surface area contributed by atoms with E-state index < -0.39 is 18.2 Å². The van der Waals surface area contributed by atoms with Crippen LogP contribution in [0.5, 0.6) is 11.5 Å². The average Bonchev–Trinajstić information content (AvgIpc) is 3.20. The van der Waals surface area contributed by atoms with Gasteiger partial charge in [0.25, 0.3) is 5.91 Å². The quantitative estimate of drug-likeness (QED) is 0.0599. The molecule has 0 saturated carbocycles. The molecule has 0 fully saturated rings. The van der Waals surface area contributed by atoms with Crippen LogP contribution in [0.15, 0.2) is 132 Å². The molecule has 5 aromatic carbocycles. The van der Waals surface area contributed by atoms with E-state index in [1.807, 2.05) is 48.5 Å². The molecule has 6 N–H and O–H groups in total. The van der Waals surface area contributed by atoms with Crippen LogP contribution in [-0.2, 0) is 13.2 Å². The first-order chi connectivity index (χ1) is 26.6. The number of carbonyl (C=O) groups is 2. The third kappa shape index (κ3) is 10.1. The Bertz CT molecular complexity index is 2280. The van der Waals surface area contributed by atoms with Gasteiger partial charge in [0.05, 0.1) is 17.7 Å². The smallest absolute Gasteiger partial charge is 0.405 e. The number of halogens is 1. The maximum Gasteiger partial charge on any atom is 0.405 e. The van der Waals surface area contributed by atoms with Crippen LogP contribution < -0.4 is 20.9 Å². The number of rotatable bonds is 16. The maximum atomic E-state index is 13.8. The molecule has 282 valence electrons. The summed E-state index contributed by atoms with van der Waals surface area (Å²) in [6.07, 6.45) is -1.50. The van der Waals surface area contributed by atoms with Crippen molar-refractivity contribution in [2.75, 3.05) is 19.6 Å². The lowest BCUT2D eigenvalue weighted by Gasteiger charge is -2.24. The summed E-state index contributed by atoms with van der Waals surface area (Å²) in [5.41, 5.74) is 4.04. The Balaban J connectivity index is 1.07. The number of benzene rings is 5. The number of hydrogen-bond donors (Lipinski definition) is 6. The van der Waals surface area contributed by atoms with Gasteiger partial charge in [-0.1, -0.05) is 72.8 Å². The zero-order valence-electron chi connectivity index (χ0n) is 29.8. The normalized spacial score (nSPS) is 12.2. The van der Waals surface area contributed by atoms with Crippen molar-refractivity contribution < 1.29 is 34.0 Å². The summed E-state index contributed by atoms with van der Waals surface area (Å²) in [5.74, 6) is -0.0929. The highest BCUT2D eigenvalue weighted by molar-refractivity contribution is 5.94. The third-order valence-corrected chi connectivity index (χ3v) is 9.16. The van der Waals surface area contributed by atoms with Gasteiger partial charge in [0.15, 0.2) is 0 Å². The monoisotopic (exact) mass is 744 g/mol. The van der Waals surface area contributed by atoms with Crippen LogP contribution in [0.4, 0.5) is 9.18 Å². The fraction of sp³-hybridized carbons (Fsp3) is 0.186. The van der Waals surface area contributed by atoms with Crippen molar-refractivity contribution in [3.63, 3.8) is 0 Å². The Labute approximate surface area is 316 Å². The molecule has 0 radical (unpaired) electrons. The number of hydrogen-bond acceptors (Lipinski definition) is 7. The first-order valence-corrected chi connectivity index (χ1v) is 17.8. The largest absolute Gasteiger partial charge is 0.506 e.